The quantitative estimate of drug-likeness (QED) is 0.780. The van der Waals surface area contributed by atoms with Gasteiger partial charge in [-0.1, -0.05) is 30.9 Å². The van der Waals surface area contributed by atoms with Crippen molar-refractivity contribution in [3.05, 3.63) is 11.6 Å². The molecule has 0 unspecified atom stereocenters. The number of rotatable bonds is 3. The van der Waals surface area contributed by atoms with Gasteiger partial charge in [-0.3, -0.25) is 4.79 Å². The molecule has 1 aliphatic carbocycles. The Morgan fingerprint density at radius 2 is 2.05 bits per heavy atom. The number of amides is 2. The molecule has 0 atom stereocenters. The third kappa shape index (κ3) is 3.74. The van der Waals surface area contributed by atoms with E-state index in [-0.39, 0.29) is 12.5 Å². The predicted octanol–water partition coefficient (Wildman–Crippen LogP) is 2.53. The molecule has 2 N–H and O–H groups in total. The first kappa shape index (κ1) is 14.9. The number of nitrogens with zero attached hydrogens (tertiary/aromatic N) is 1. The van der Waals surface area contributed by atoms with Gasteiger partial charge in [0.2, 0.25) is 0 Å². The summed E-state index contributed by atoms with van der Waals surface area (Å²) in [5.41, 5.74) is 0.768. The lowest BCUT2D eigenvalue weighted by Gasteiger charge is -2.39. The maximum atomic E-state index is 12.4. The molecule has 5 nitrogen and oxygen atoms in total. The predicted molar refractivity (Wildman–Crippen MR) is 76.5 cm³/mol. The van der Waals surface area contributed by atoms with Crippen LogP contribution in [-0.2, 0) is 4.79 Å². The van der Waals surface area contributed by atoms with Gasteiger partial charge in [-0.25, -0.2) is 4.79 Å². The van der Waals surface area contributed by atoms with Gasteiger partial charge in [0.1, 0.15) is 0 Å². The molecule has 0 aromatic carbocycles. The topological polar surface area (TPSA) is 69.6 Å². The second kappa shape index (κ2) is 6.29. The number of urea groups is 1. The Kier molecular flexibility index (Phi) is 4.68. The van der Waals surface area contributed by atoms with E-state index >= 15 is 0 Å². The summed E-state index contributed by atoms with van der Waals surface area (Å²) in [7, 11) is 0. The maximum absolute atomic E-state index is 12.4. The third-order valence-corrected chi connectivity index (χ3v) is 4.40. The Balaban J connectivity index is 2.00. The van der Waals surface area contributed by atoms with E-state index in [0.717, 1.165) is 45.1 Å². The number of aliphatic carboxylic acids is 1. The number of carbonyl (C=O) groups excluding carboxylic acids is 1. The van der Waals surface area contributed by atoms with Crippen LogP contribution in [0.2, 0.25) is 0 Å². The van der Waals surface area contributed by atoms with Crippen molar-refractivity contribution in [1.29, 1.82) is 0 Å². The van der Waals surface area contributed by atoms with Gasteiger partial charge < -0.3 is 15.3 Å². The standard InChI is InChI=1S/C15H24N2O3/c1-12-5-9-17(10-6-12)14(20)16-15(11-13(18)19)7-3-2-4-8-15/h5H,2-4,6-11H2,1H3,(H,16,20)(H,18,19). The summed E-state index contributed by atoms with van der Waals surface area (Å²) in [6, 6.07) is -0.114. The first-order chi connectivity index (χ1) is 9.51. The monoisotopic (exact) mass is 280 g/mol. The second-order valence-electron chi connectivity index (χ2n) is 6.09. The van der Waals surface area contributed by atoms with Gasteiger partial charge >= 0.3 is 12.0 Å². The van der Waals surface area contributed by atoms with Gasteiger partial charge in [0, 0.05) is 13.1 Å². The average molecular weight is 280 g/mol. The molecule has 20 heavy (non-hydrogen) atoms. The van der Waals surface area contributed by atoms with Crippen molar-refractivity contribution in [2.45, 2.75) is 57.4 Å². The lowest BCUT2D eigenvalue weighted by Crippen LogP contribution is -2.55. The van der Waals surface area contributed by atoms with E-state index in [1.807, 2.05) is 0 Å². The van der Waals surface area contributed by atoms with Crippen molar-refractivity contribution in [2.24, 2.45) is 0 Å². The van der Waals surface area contributed by atoms with E-state index in [2.05, 4.69) is 18.3 Å². The molecule has 2 rings (SSSR count). The van der Waals surface area contributed by atoms with Gasteiger partial charge in [-0.05, 0) is 26.2 Å². The molecule has 0 aromatic heterocycles. The SMILES string of the molecule is CC1=CCN(C(=O)NC2(CC(=O)O)CCCCC2)CC1. The first-order valence-corrected chi connectivity index (χ1v) is 7.45. The van der Waals surface area contributed by atoms with Crippen molar-refractivity contribution in [2.75, 3.05) is 13.1 Å². The fraction of sp³-hybridized carbons (Fsp3) is 0.733. The van der Waals surface area contributed by atoms with Crippen LogP contribution in [0.1, 0.15) is 51.9 Å². The number of hydrogen-bond donors (Lipinski definition) is 2. The third-order valence-electron chi connectivity index (χ3n) is 4.40. The molecular weight excluding hydrogens is 256 g/mol. The van der Waals surface area contributed by atoms with Gasteiger partial charge in [-0.2, -0.15) is 0 Å². The average Bonchev–Trinajstić information content (AvgIpc) is 2.39. The molecule has 5 heteroatoms. The van der Waals surface area contributed by atoms with Gasteiger partial charge in [-0.15, -0.1) is 0 Å². The molecule has 1 heterocycles. The Bertz CT molecular complexity index is 411. The summed E-state index contributed by atoms with van der Waals surface area (Å²) >= 11 is 0. The minimum absolute atomic E-state index is 0.0292. The summed E-state index contributed by atoms with van der Waals surface area (Å²) in [4.78, 5) is 25.2. The minimum atomic E-state index is -0.832. The molecule has 2 aliphatic rings. The van der Waals surface area contributed by atoms with E-state index in [9.17, 15) is 9.59 Å². The van der Waals surface area contributed by atoms with Crippen LogP contribution in [0.25, 0.3) is 0 Å². The van der Waals surface area contributed by atoms with Crippen LogP contribution in [0, 0.1) is 0 Å². The molecule has 0 spiro atoms. The number of carbonyl (C=O) groups is 2. The molecule has 1 fully saturated rings. The largest absolute Gasteiger partial charge is 0.481 e. The Hall–Kier alpha value is -1.52. The summed E-state index contributed by atoms with van der Waals surface area (Å²) in [6.45, 7) is 3.42. The second-order valence-corrected chi connectivity index (χ2v) is 6.09. The van der Waals surface area contributed by atoms with E-state index in [0.29, 0.717) is 6.54 Å². The normalized spacial score (nSPS) is 22.1. The van der Waals surface area contributed by atoms with Gasteiger partial charge in [0.15, 0.2) is 0 Å². The lowest BCUT2D eigenvalue weighted by molar-refractivity contribution is -0.139. The Morgan fingerprint density at radius 3 is 2.60 bits per heavy atom. The lowest BCUT2D eigenvalue weighted by atomic mass is 9.79. The molecule has 2 amide bonds. The summed E-state index contributed by atoms with van der Waals surface area (Å²) < 4.78 is 0. The maximum Gasteiger partial charge on any atom is 0.318 e. The van der Waals surface area contributed by atoms with Crippen molar-refractivity contribution in [1.82, 2.24) is 10.2 Å². The van der Waals surface area contributed by atoms with Crippen LogP contribution < -0.4 is 5.32 Å². The van der Waals surface area contributed by atoms with Crippen LogP contribution in [0.15, 0.2) is 11.6 Å². The zero-order valence-corrected chi connectivity index (χ0v) is 12.2. The number of hydrogen-bond acceptors (Lipinski definition) is 2. The highest BCUT2D eigenvalue weighted by Crippen LogP contribution is 2.31. The minimum Gasteiger partial charge on any atom is -0.481 e. The van der Waals surface area contributed by atoms with Crippen LogP contribution in [0.3, 0.4) is 0 Å². The molecule has 1 saturated carbocycles. The van der Waals surface area contributed by atoms with Crippen molar-refractivity contribution >= 4 is 12.0 Å². The molecular formula is C15H24N2O3. The highest BCUT2D eigenvalue weighted by Gasteiger charge is 2.36. The summed E-state index contributed by atoms with van der Waals surface area (Å²) in [5.74, 6) is -0.832. The van der Waals surface area contributed by atoms with Crippen molar-refractivity contribution in [3.8, 4) is 0 Å². The fourth-order valence-electron chi connectivity index (χ4n) is 3.13. The van der Waals surface area contributed by atoms with Gasteiger partial charge in [0.25, 0.3) is 0 Å². The Labute approximate surface area is 120 Å². The van der Waals surface area contributed by atoms with Crippen LogP contribution in [0.5, 0.6) is 0 Å². The molecule has 0 saturated heterocycles. The van der Waals surface area contributed by atoms with Crippen LogP contribution in [-0.4, -0.2) is 40.6 Å². The zero-order chi connectivity index (χ0) is 14.6. The summed E-state index contributed by atoms with van der Waals surface area (Å²) in [6.07, 6.45) is 7.65. The highest BCUT2D eigenvalue weighted by molar-refractivity contribution is 5.77. The van der Waals surface area contributed by atoms with Crippen molar-refractivity contribution < 1.29 is 14.7 Å². The van der Waals surface area contributed by atoms with Crippen LogP contribution in [0.4, 0.5) is 4.79 Å². The Morgan fingerprint density at radius 1 is 1.35 bits per heavy atom. The summed E-state index contributed by atoms with van der Waals surface area (Å²) in [5, 5.41) is 12.1. The first-order valence-electron chi connectivity index (χ1n) is 7.45. The smallest absolute Gasteiger partial charge is 0.318 e. The van der Waals surface area contributed by atoms with E-state index < -0.39 is 11.5 Å². The molecule has 0 aromatic rings. The van der Waals surface area contributed by atoms with E-state index in [1.165, 1.54) is 5.57 Å². The van der Waals surface area contributed by atoms with E-state index in [1.54, 1.807) is 4.90 Å². The molecule has 0 radical (unpaired) electrons. The van der Waals surface area contributed by atoms with Crippen LogP contribution >= 0.6 is 0 Å². The molecule has 112 valence electrons. The molecule has 1 aliphatic heterocycles. The fourth-order valence-corrected chi connectivity index (χ4v) is 3.13. The number of nitrogens with one attached hydrogen (secondary N) is 1. The zero-order valence-electron chi connectivity index (χ0n) is 12.2. The molecule has 0 bridgehead atoms. The highest BCUT2D eigenvalue weighted by atomic mass is 16.4. The number of carboxylic acids is 1. The van der Waals surface area contributed by atoms with E-state index in [4.69, 9.17) is 5.11 Å². The van der Waals surface area contributed by atoms with Crippen molar-refractivity contribution in [3.63, 3.8) is 0 Å². The van der Waals surface area contributed by atoms with Gasteiger partial charge in [0.05, 0.1) is 12.0 Å². The number of carboxylic acid groups (broad SMARTS) is 1.